The lowest BCUT2D eigenvalue weighted by Gasteiger charge is -2.09. The van der Waals surface area contributed by atoms with Crippen LogP contribution in [0.2, 0.25) is 0 Å². The van der Waals surface area contributed by atoms with Gasteiger partial charge in [-0.15, -0.1) is 0 Å². The second-order valence-corrected chi connectivity index (χ2v) is 4.90. The van der Waals surface area contributed by atoms with Gasteiger partial charge in [-0.05, 0) is 24.3 Å². The van der Waals surface area contributed by atoms with E-state index in [2.05, 4.69) is 4.98 Å². The van der Waals surface area contributed by atoms with Gasteiger partial charge in [-0.1, -0.05) is 0 Å². The highest BCUT2D eigenvalue weighted by atomic mass is 16.5. The molecule has 0 amide bonds. The summed E-state index contributed by atoms with van der Waals surface area (Å²) in [4.78, 5) is 3.93. The maximum atomic E-state index is 5.92. The summed E-state index contributed by atoms with van der Waals surface area (Å²) in [7, 11) is 0. The standard InChI is InChI=1S/C14H13N3O2/c15-11-6-8(3-4-17-11)18-7-1-2-10-9(5-7)12-13(16)14(12)19-10/h1-6,12-14H,16H2,(H2,15,17)/t12-,13-,14-/m0/s1. The van der Waals surface area contributed by atoms with Crippen LogP contribution in [0.15, 0.2) is 36.5 Å². The normalized spacial score (nSPS) is 26.3. The molecule has 1 fully saturated rings. The molecule has 96 valence electrons. The van der Waals surface area contributed by atoms with E-state index in [4.69, 9.17) is 20.9 Å². The Morgan fingerprint density at radius 2 is 2.00 bits per heavy atom. The van der Waals surface area contributed by atoms with Gasteiger partial charge in [-0.3, -0.25) is 0 Å². The molecule has 0 spiro atoms. The van der Waals surface area contributed by atoms with Crippen molar-refractivity contribution < 1.29 is 9.47 Å². The van der Waals surface area contributed by atoms with E-state index in [1.165, 1.54) is 0 Å². The number of nitrogens with two attached hydrogens (primary N) is 2. The van der Waals surface area contributed by atoms with Crippen LogP contribution in [0.4, 0.5) is 5.82 Å². The van der Waals surface area contributed by atoms with Gasteiger partial charge < -0.3 is 20.9 Å². The number of hydrogen-bond acceptors (Lipinski definition) is 5. The second-order valence-electron chi connectivity index (χ2n) is 4.90. The molecule has 19 heavy (non-hydrogen) atoms. The van der Waals surface area contributed by atoms with E-state index >= 15 is 0 Å². The van der Waals surface area contributed by atoms with Crippen molar-refractivity contribution in [2.24, 2.45) is 5.73 Å². The van der Waals surface area contributed by atoms with E-state index < -0.39 is 0 Å². The number of hydrogen-bond donors (Lipinski definition) is 2. The summed E-state index contributed by atoms with van der Waals surface area (Å²) in [5.74, 6) is 3.10. The SMILES string of the molecule is Nc1cc(Oc2ccc3c(c2)[C@H]2[C@H](N)[C@H]2O3)ccn1. The minimum atomic E-state index is 0.124. The fraction of sp³-hybridized carbons (Fsp3) is 0.214. The molecule has 2 aliphatic rings. The van der Waals surface area contributed by atoms with Crippen LogP contribution < -0.4 is 20.9 Å². The minimum Gasteiger partial charge on any atom is -0.488 e. The van der Waals surface area contributed by atoms with E-state index in [-0.39, 0.29) is 12.1 Å². The second kappa shape index (κ2) is 3.61. The first-order valence-electron chi connectivity index (χ1n) is 6.18. The monoisotopic (exact) mass is 255 g/mol. The third-order valence-electron chi connectivity index (χ3n) is 3.60. The molecular weight excluding hydrogens is 242 g/mol. The zero-order valence-electron chi connectivity index (χ0n) is 10.1. The van der Waals surface area contributed by atoms with Crippen molar-refractivity contribution in [2.75, 3.05) is 5.73 Å². The number of ether oxygens (including phenoxy) is 2. The summed E-state index contributed by atoms with van der Waals surface area (Å²) in [5, 5.41) is 0. The maximum absolute atomic E-state index is 5.92. The predicted octanol–water partition coefficient (Wildman–Crippen LogP) is 1.64. The van der Waals surface area contributed by atoms with Crippen LogP contribution in [-0.2, 0) is 0 Å². The molecule has 1 saturated carbocycles. The molecule has 0 saturated heterocycles. The van der Waals surface area contributed by atoms with Gasteiger partial charge in [0.05, 0.1) is 6.04 Å². The van der Waals surface area contributed by atoms with Crippen molar-refractivity contribution in [3.8, 4) is 17.2 Å². The number of anilines is 1. The first kappa shape index (κ1) is 10.6. The molecule has 2 heterocycles. The number of pyridine rings is 1. The van der Waals surface area contributed by atoms with E-state index in [1.54, 1.807) is 18.3 Å². The summed E-state index contributed by atoms with van der Waals surface area (Å²) in [6, 6.07) is 9.38. The molecule has 1 aliphatic carbocycles. The number of nitrogen functional groups attached to an aromatic ring is 1. The predicted molar refractivity (Wildman–Crippen MR) is 70.3 cm³/mol. The van der Waals surface area contributed by atoms with Gasteiger partial charge in [0.2, 0.25) is 0 Å². The molecule has 0 unspecified atom stereocenters. The highest BCUT2D eigenvalue weighted by Crippen LogP contribution is 2.53. The smallest absolute Gasteiger partial charge is 0.132 e. The van der Waals surface area contributed by atoms with Crippen LogP contribution in [0.1, 0.15) is 11.5 Å². The summed E-state index contributed by atoms with van der Waals surface area (Å²) >= 11 is 0. The molecular formula is C14H13N3O2. The van der Waals surface area contributed by atoms with Crippen LogP contribution in [0.3, 0.4) is 0 Å². The Balaban J connectivity index is 1.63. The average molecular weight is 255 g/mol. The summed E-state index contributed by atoms with van der Waals surface area (Å²) < 4.78 is 11.5. The molecule has 1 aliphatic heterocycles. The molecule has 0 radical (unpaired) electrons. The van der Waals surface area contributed by atoms with Crippen molar-refractivity contribution in [3.05, 3.63) is 42.1 Å². The summed E-state index contributed by atoms with van der Waals surface area (Å²) in [6.07, 6.45) is 1.77. The molecule has 4 rings (SSSR count). The fourth-order valence-corrected chi connectivity index (χ4v) is 2.57. The highest BCUT2D eigenvalue weighted by molar-refractivity contribution is 5.53. The lowest BCUT2D eigenvalue weighted by Crippen LogP contribution is -2.12. The fourth-order valence-electron chi connectivity index (χ4n) is 2.57. The number of fused-ring (bicyclic) bond motifs is 3. The van der Waals surface area contributed by atoms with E-state index in [0.717, 1.165) is 17.1 Å². The highest BCUT2D eigenvalue weighted by Gasteiger charge is 2.56. The van der Waals surface area contributed by atoms with E-state index in [0.29, 0.717) is 17.5 Å². The van der Waals surface area contributed by atoms with Crippen molar-refractivity contribution >= 4 is 5.82 Å². The van der Waals surface area contributed by atoms with E-state index in [1.807, 2.05) is 18.2 Å². The van der Waals surface area contributed by atoms with Crippen LogP contribution in [0, 0.1) is 0 Å². The summed E-state index contributed by atoms with van der Waals surface area (Å²) in [5.41, 5.74) is 12.7. The first-order chi connectivity index (χ1) is 9.22. The minimum absolute atomic E-state index is 0.124. The largest absolute Gasteiger partial charge is 0.488 e. The Bertz CT molecular complexity index is 659. The number of aromatic nitrogens is 1. The number of rotatable bonds is 2. The Kier molecular flexibility index (Phi) is 2.02. The molecule has 1 aromatic heterocycles. The van der Waals surface area contributed by atoms with Crippen LogP contribution in [0.5, 0.6) is 17.2 Å². The van der Waals surface area contributed by atoms with Crippen molar-refractivity contribution in [2.45, 2.75) is 18.1 Å². The van der Waals surface area contributed by atoms with Crippen molar-refractivity contribution in [1.82, 2.24) is 4.98 Å². The zero-order valence-corrected chi connectivity index (χ0v) is 10.1. The topological polar surface area (TPSA) is 83.4 Å². The van der Waals surface area contributed by atoms with Gasteiger partial charge >= 0.3 is 0 Å². The zero-order chi connectivity index (χ0) is 13.0. The third-order valence-corrected chi connectivity index (χ3v) is 3.60. The quantitative estimate of drug-likeness (QED) is 0.852. The molecule has 3 atom stereocenters. The Hall–Kier alpha value is -2.27. The van der Waals surface area contributed by atoms with Crippen LogP contribution >= 0.6 is 0 Å². The average Bonchev–Trinajstić information content (AvgIpc) is 2.85. The van der Waals surface area contributed by atoms with Gasteiger partial charge in [0.1, 0.15) is 29.2 Å². The van der Waals surface area contributed by atoms with E-state index in [9.17, 15) is 0 Å². The maximum Gasteiger partial charge on any atom is 0.132 e. The first-order valence-corrected chi connectivity index (χ1v) is 6.18. The Morgan fingerprint density at radius 3 is 2.84 bits per heavy atom. The van der Waals surface area contributed by atoms with Gasteiger partial charge in [-0.25, -0.2) is 4.98 Å². The third kappa shape index (κ3) is 1.62. The van der Waals surface area contributed by atoms with Gasteiger partial charge in [0, 0.05) is 23.7 Å². The molecule has 1 aromatic carbocycles. The van der Waals surface area contributed by atoms with Crippen LogP contribution in [-0.4, -0.2) is 17.1 Å². The van der Waals surface area contributed by atoms with Crippen molar-refractivity contribution in [1.29, 1.82) is 0 Å². The molecule has 2 aromatic rings. The van der Waals surface area contributed by atoms with Crippen molar-refractivity contribution in [3.63, 3.8) is 0 Å². The van der Waals surface area contributed by atoms with Gasteiger partial charge in [0.25, 0.3) is 0 Å². The lowest BCUT2D eigenvalue weighted by atomic mass is 10.1. The molecule has 5 nitrogen and oxygen atoms in total. The summed E-state index contributed by atoms with van der Waals surface area (Å²) in [6.45, 7) is 0. The number of benzene rings is 1. The molecule has 4 N–H and O–H groups in total. The molecule has 0 bridgehead atoms. The Labute approximate surface area is 110 Å². The molecule has 5 heteroatoms. The number of nitrogens with zero attached hydrogens (tertiary/aromatic N) is 1. The Morgan fingerprint density at radius 1 is 1.16 bits per heavy atom. The van der Waals surface area contributed by atoms with Gasteiger partial charge in [0.15, 0.2) is 0 Å². The lowest BCUT2D eigenvalue weighted by molar-refractivity contribution is 0.310. The van der Waals surface area contributed by atoms with Gasteiger partial charge in [-0.2, -0.15) is 0 Å². The van der Waals surface area contributed by atoms with Crippen LogP contribution in [0.25, 0.3) is 0 Å².